The van der Waals surface area contributed by atoms with Crippen molar-refractivity contribution in [2.24, 2.45) is 0 Å². The van der Waals surface area contributed by atoms with E-state index >= 15 is 0 Å². The first-order chi connectivity index (χ1) is 3.35. The third kappa shape index (κ3) is 5.14. The summed E-state index contributed by atoms with van der Waals surface area (Å²) in [6, 6.07) is 0. The minimum atomic E-state index is 0. The quantitative estimate of drug-likeness (QED) is 0.359. The fourth-order valence-electron chi connectivity index (χ4n) is 0.750. The molecule has 0 saturated carbocycles. The maximum Gasteiger partial charge on any atom is 1.00 e. The molecule has 0 amide bonds. The molecule has 0 aromatic carbocycles. The normalized spacial score (nSPS) is 9.00. The third-order valence-corrected chi connectivity index (χ3v) is 1.50. The molecule has 0 unspecified atom stereocenters. The van der Waals surface area contributed by atoms with Crippen molar-refractivity contribution in [3.05, 3.63) is 5.92 Å². The molecule has 0 aliphatic rings. The van der Waals surface area contributed by atoms with E-state index in [1.807, 2.05) is 0 Å². The van der Waals surface area contributed by atoms with E-state index in [2.05, 4.69) is 20.8 Å². The Hall–Kier alpha value is 1.00. The fraction of sp³-hybridized carbons (Fsp3) is 0.857. The summed E-state index contributed by atoms with van der Waals surface area (Å²) in [6.07, 6.45) is 3.81. The van der Waals surface area contributed by atoms with E-state index in [1.165, 1.54) is 19.3 Å². The number of hydrogen-bond donors (Lipinski definition) is 0. The van der Waals surface area contributed by atoms with Crippen LogP contribution < -0.4 is 29.6 Å². The first-order valence-electron chi connectivity index (χ1n) is 3.18. The summed E-state index contributed by atoms with van der Waals surface area (Å²) in [5.74, 6) is 1.68. The molecule has 1 heteroatoms. The first kappa shape index (κ1) is 11.8. The zero-order valence-electron chi connectivity index (χ0n) is 6.62. The molecule has 0 nitrogen and oxygen atoms in total. The summed E-state index contributed by atoms with van der Waals surface area (Å²) in [4.78, 5) is 0. The molecule has 0 radical (unpaired) electrons. The Morgan fingerprint density at radius 3 is 1.12 bits per heavy atom. The molecule has 0 bridgehead atoms. The zero-order chi connectivity index (χ0) is 5.70. The van der Waals surface area contributed by atoms with Gasteiger partial charge < -0.3 is 5.92 Å². The Kier molecular flexibility index (Phi) is 11.8. The van der Waals surface area contributed by atoms with E-state index in [0.717, 1.165) is 0 Å². The largest absolute Gasteiger partial charge is 1.00 e. The van der Waals surface area contributed by atoms with Crippen molar-refractivity contribution in [2.45, 2.75) is 40.0 Å². The van der Waals surface area contributed by atoms with E-state index in [0.29, 0.717) is 0 Å². The van der Waals surface area contributed by atoms with Gasteiger partial charge in [0.2, 0.25) is 0 Å². The van der Waals surface area contributed by atoms with Gasteiger partial charge in [0, 0.05) is 0 Å². The van der Waals surface area contributed by atoms with Crippen LogP contribution in [0, 0.1) is 5.92 Å². The standard InChI is InChI=1S/C7H15.Na/c1-4-7(5-2)6-3;/h4-6H2,1-3H3;/q-1;+1. The Morgan fingerprint density at radius 2 is 1.12 bits per heavy atom. The van der Waals surface area contributed by atoms with Gasteiger partial charge in [-0.1, -0.05) is 20.8 Å². The van der Waals surface area contributed by atoms with Gasteiger partial charge in [-0.2, -0.15) is 19.3 Å². The Bertz CT molecular complexity index is 25.9. The minimum Gasteiger partial charge on any atom is -0.314 e. The molecule has 0 rings (SSSR count). The van der Waals surface area contributed by atoms with Gasteiger partial charge in [0.25, 0.3) is 0 Å². The van der Waals surface area contributed by atoms with E-state index in [9.17, 15) is 0 Å². The SMILES string of the molecule is CC[C-](CC)CC.[Na+]. The number of rotatable bonds is 3. The zero-order valence-corrected chi connectivity index (χ0v) is 8.62. The summed E-state index contributed by atoms with van der Waals surface area (Å²) >= 11 is 0. The van der Waals surface area contributed by atoms with Gasteiger partial charge in [0.05, 0.1) is 0 Å². The maximum atomic E-state index is 2.22. The summed E-state index contributed by atoms with van der Waals surface area (Å²) in [5, 5.41) is 0. The minimum absolute atomic E-state index is 0. The second kappa shape index (κ2) is 8.00. The van der Waals surface area contributed by atoms with Crippen LogP contribution in [0.5, 0.6) is 0 Å². The van der Waals surface area contributed by atoms with E-state index in [-0.39, 0.29) is 29.6 Å². The van der Waals surface area contributed by atoms with Gasteiger partial charge in [-0.15, -0.1) is 0 Å². The molecule has 0 atom stereocenters. The van der Waals surface area contributed by atoms with Crippen molar-refractivity contribution in [3.63, 3.8) is 0 Å². The van der Waals surface area contributed by atoms with E-state index in [1.54, 1.807) is 5.92 Å². The van der Waals surface area contributed by atoms with Gasteiger partial charge in [-0.05, 0) is 0 Å². The van der Waals surface area contributed by atoms with E-state index in [4.69, 9.17) is 0 Å². The molecular weight excluding hydrogens is 107 g/mol. The molecule has 0 saturated heterocycles. The maximum absolute atomic E-state index is 2.22. The van der Waals surface area contributed by atoms with Gasteiger partial charge in [0.15, 0.2) is 0 Å². The van der Waals surface area contributed by atoms with Gasteiger partial charge in [-0.3, -0.25) is 0 Å². The third-order valence-electron chi connectivity index (χ3n) is 1.50. The topological polar surface area (TPSA) is 0 Å². The van der Waals surface area contributed by atoms with Crippen LogP contribution >= 0.6 is 0 Å². The Morgan fingerprint density at radius 1 is 0.875 bits per heavy atom. The van der Waals surface area contributed by atoms with Crippen LogP contribution in [0.3, 0.4) is 0 Å². The Balaban J connectivity index is 0. The molecule has 0 aromatic rings. The van der Waals surface area contributed by atoms with Gasteiger partial charge in [-0.25, -0.2) is 0 Å². The summed E-state index contributed by atoms with van der Waals surface area (Å²) in [5.41, 5.74) is 0. The van der Waals surface area contributed by atoms with Crippen molar-refractivity contribution in [3.8, 4) is 0 Å². The predicted octanol–water partition coefficient (Wildman–Crippen LogP) is -0.205. The van der Waals surface area contributed by atoms with Crippen LogP contribution in [0.1, 0.15) is 40.0 Å². The van der Waals surface area contributed by atoms with Crippen LogP contribution in [0.15, 0.2) is 0 Å². The summed E-state index contributed by atoms with van der Waals surface area (Å²) in [6.45, 7) is 6.67. The second-order valence-corrected chi connectivity index (χ2v) is 1.81. The van der Waals surface area contributed by atoms with E-state index < -0.39 is 0 Å². The molecule has 0 aromatic heterocycles. The molecule has 8 heavy (non-hydrogen) atoms. The Labute approximate surface area is 75.3 Å². The second-order valence-electron chi connectivity index (χ2n) is 1.81. The molecular formula is C7H15Na. The molecule has 0 aliphatic carbocycles. The van der Waals surface area contributed by atoms with Crippen LogP contribution in [-0.4, -0.2) is 0 Å². The average molecular weight is 122 g/mol. The molecule has 0 aliphatic heterocycles. The van der Waals surface area contributed by atoms with Crippen molar-refractivity contribution in [1.29, 1.82) is 0 Å². The monoisotopic (exact) mass is 122 g/mol. The fourth-order valence-corrected chi connectivity index (χ4v) is 0.750. The molecule has 0 heterocycles. The van der Waals surface area contributed by atoms with Crippen LogP contribution in [0.4, 0.5) is 0 Å². The van der Waals surface area contributed by atoms with Crippen LogP contribution in [0.25, 0.3) is 0 Å². The summed E-state index contributed by atoms with van der Waals surface area (Å²) < 4.78 is 0. The average Bonchev–Trinajstić information content (AvgIpc) is 1.72. The molecule has 0 N–H and O–H groups in total. The van der Waals surface area contributed by atoms with Crippen LogP contribution in [-0.2, 0) is 0 Å². The van der Waals surface area contributed by atoms with Crippen molar-refractivity contribution < 1.29 is 29.6 Å². The van der Waals surface area contributed by atoms with Gasteiger partial charge >= 0.3 is 29.6 Å². The molecule has 0 fully saturated rings. The molecule has 44 valence electrons. The molecule has 0 spiro atoms. The van der Waals surface area contributed by atoms with Gasteiger partial charge in [0.1, 0.15) is 0 Å². The van der Waals surface area contributed by atoms with Crippen molar-refractivity contribution >= 4 is 0 Å². The first-order valence-corrected chi connectivity index (χ1v) is 3.18. The summed E-state index contributed by atoms with van der Waals surface area (Å²) in [7, 11) is 0. The predicted molar refractivity (Wildman–Crippen MR) is 34.1 cm³/mol. The van der Waals surface area contributed by atoms with Crippen molar-refractivity contribution in [1.82, 2.24) is 0 Å². The van der Waals surface area contributed by atoms with Crippen LogP contribution in [0.2, 0.25) is 0 Å². The van der Waals surface area contributed by atoms with Crippen molar-refractivity contribution in [2.75, 3.05) is 0 Å². The number of hydrogen-bond acceptors (Lipinski definition) is 0. The smallest absolute Gasteiger partial charge is 0.314 e.